The van der Waals surface area contributed by atoms with Crippen molar-refractivity contribution < 1.29 is 9.47 Å². The highest BCUT2D eigenvalue weighted by atomic mass is 16.7. The van der Waals surface area contributed by atoms with E-state index in [-0.39, 0.29) is 0 Å². The average Bonchev–Trinajstić information content (AvgIpc) is 3.33. The zero-order valence-electron chi connectivity index (χ0n) is 17.3. The fourth-order valence-electron chi connectivity index (χ4n) is 3.75. The summed E-state index contributed by atoms with van der Waals surface area (Å²) in [6.07, 6.45) is 7.18. The lowest BCUT2D eigenvalue weighted by Crippen LogP contribution is -2.44. The van der Waals surface area contributed by atoms with Crippen molar-refractivity contribution in [2.75, 3.05) is 13.3 Å². The van der Waals surface area contributed by atoms with Crippen LogP contribution in [0.15, 0.2) is 23.2 Å². The van der Waals surface area contributed by atoms with E-state index in [9.17, 15) is 0 Å². The number of guanidine groups is 1. The number of ether oxygens (including phenoxy) is 2. The standard InChI is InChI=1S/C21H30N6O2/c1-15-25-26-20(27(15)2)13-23-21(24-17-6-4-3-5-7-17)22-11-10-16-8-9-18-19(12-16)29-14-28-18/h8-9,12,17H,3-7,10-11,13-14H2,1-2H3,(H2,22,23,24). The van der Waals surface area contributed by atoms with Gasteiger partial charge in [-0.2, -0.15) is 0 Å². The maximum Gasteiger partial charge on any atom is 0.231 e. The number of fused-ring (bicyclic) bond motifs is 1. The van der Waals surface area contributed by atoms with Crippen molar-refractivity contribution >= 4 is 5.96 Å². The van der Waals surface area contributed by atoms with Crippen LogP contribution in [0.2, 0.25) is 0 Å². The number of aryl methyl sites for hydroxylation is 1. The van der Waals surface area contributed by atoms with Gasteiger partial charge in [-0.25, -0.2) is 4.99 Å². The molecule has 1 aliphatic heterocycles. The van der Waals surface area contributed by atoms with Gasteiger partial charge in [0.1, 0.15) is 12.4 Å². The van der Waals surface area contributed by atoms with E-state index >= 15 is 0 Å². The molecule has 1 saturated carbocycles. The van der Waals surface area contributed by atoms with Crippen LogP contribution in [-0.4, -0.2) is 40.1 Å². The molecule has 2 aliphatic rings. The molecule has 2 heterocycles. The van der Waals surface area contributed by atoms with Gasteiger partial charge in [0, 0.05) is 19.6 Å². The van der Waals surface area contributed by atoms with E-state index in [2.05, 4.69) is 33.0 Å². The molecule has 0 unspecified atom stereocenters. The van der Waals surface area contributed by atoms with Crippen LogP contribution in [0.25, 0.3) is 0 Å². The highest BCUT2D eigenvalue weighted by molar-refractivity contribution is 5.80. The second-order valence-electron chi connectivity index (χ2n) is 7.73. The minimum Gasteiger partial charge on any atom is -0.454 e. The third-order valence-electron chi connectivity index (χ3n) is 5.65. The Morgan fingerprint density at radius 1 is 1.17 bits per heavy atom. The fraction of sp³-hybridized carbons (Fsp3) is 0.571. The molecule has 156 valence electrons. The monoisotopic (exact) mass is 398 g/mol. The number of aromatic nitrogens is 3. The van der Waals surface area contributed by atoms with E-state index in [1.807, 2.05) is 24.6 Å². The van der Waals surface area contributed by atoms with Crippen LogP contribution < -0.4 is 20.1 Å². The molecule has 8 heteroatoms. The van der Waals surface area contributed by atoms with Crippen molar-refractivity contribution in [1.29, 1.82) is 0 Å². The van der Waals surface area contributed by atoms with Crippen molar-refractivity contribution in [3.05, 3.63) is 35.4 Å². The van der Waals surface area contributed by atoms with E-state index in [0.717, 1.165) is 42.1 Å². The molecule has 2 N–H and O–H groups in total. The molecule has 0 bridgehead atoms. The van der Waals surface area contributed by atoms with Gasteiger partial charge in [-0.05, 0) is 43.9 Å². The molecular weight excluding hydrogens is 368 g/mol. The summed E-state index contributed by atoms with van der Waals surface area (Å²) in [6, 6.07) is 6.60. The van der Waals surface area contributed by atoms with Crippen molar-refractivity contribution in [1.82, 2.24) is 25.4 Å². The lowest BCUT2D eigenvalue weighted by molar-refractivity contribution is 0.174. The first-order valence-corrected chi connectivity index (χ1v) is 10.5. The molecule has 1 aromatic carbocycles. The highest BCUT2D eigenvalue weighted by Gasteiger charge is 2.16. The number of nitrogens with one attached hydrogen (secondary N) is 2. The quantitative estimate of drug-likeness (QED) is 0.574. The van der Waals surface area contributed by atoms with E-state index in [1.165, 1.54) is 37.7 Å². The average molecular weight is 399 g/mol. The Hall–Kier alpha value is -2.77. The summed E-state index contributed by atoms with van der Waals surface area (Å²) in [4.78, 5) is 4.78. The second-order valence-corrected chi connectivity index (χ2v) is 7.73. The molecule has 4 rings (SSSR count). The predicted octanol–water partition coefficient (Wildman–Crippen LogP) is 2.46. The van der Waals surface area contributed by atoms with Gasteiger partial charge >= 0.3 is 0 Å². The Labute approximate surface area is 171 Å². The zero-order valence-corrected chi connectivity index (χ0v) is 17.3. The van der Waals surface area contributed by atoms with Gasteiger partial charge in [0.2, 0.25) is 6.79 Å². The van der Waals surface area contributed by atoms with Crippen molar-refractivity contribution in [3.8, 4) is 11.5 Å². The first-order valence-electron chi connectivity index (χ1n) is 10.5. The molecule has 0 spiro atoms. The predicted molar refractivity (Wildman–Crippen MR) is 111 cm³/mol. The zero-order chi connectivity index (χ0) is 20.1. The number of aliphatic imine (C=N–C) groups is 1. The van der Waals surface area contributed by atoms with Crippen LogP contribution in [0.3, 0.4) is 0 Å². The molecule has 0 amide bonds. The third-order valence-corrected chi connectivity index (χ3v) is 5.65. The van der Waals surface area contributed by atoms with Gasteiger partial charge in [-0.3, -0.25) is 0 Å². The molecule has 8 nitrogen and oxygen atoms in total. The summed E-state index contributed by atoms with van der Waals surface area (Å²) < 4.78 is 12.8. The lowest BCUT2D eigenvalue weighted by Gasteiger charge is -2.25. The van der Waals surface area contributed by atoms with E-state index in [0.29, 0.717) is 19.4 Å². The second kappa shape index (κ2) is 9.15. The van der Waals surface area contributed by atoms with Gasteiger partial charge < -0.3 is 24.7 Å². The summed E-state index contributed by atoms with van der Waals surface area (Å²) in [6.45, 7) is 3.55. The molecular formula is C21H30N6O2. The van der Waals surface area contributed by atoms with Gasteiger partial charge in [-0.15, -0.1) is 10.2 Å². The number of hydrogen-bond acceptors (Lipinski definition) is 5. The van der Waals surface area contributed by atoms with Crippen molar-refractivity contribution in [2.45, 2.75) is 58.0 Å². The topological polar surface area (TPSA) is 85.6 Å². The highest BCUT2D eigenvalue weighted by Crippen LogP contribution is 2.32. The van der Waals surface area contributed by atoms with Crippen molar-refractivity contribution in [2.24, 2.45) is 12.0 Å². The molecule has 0 atom stereocenters. The van der Waals surface area contributed by atoms with Crippen LogP contribution in [-0.2, 0) is 20.0 Å². The summed E-state index contributed by atoms with van der Waals surface area (Å²) in [5.41, 5.74) is 1.21. The van der Waals surface area contributed by atoms with Crippen LogP contribution in [0.4, 0.5) is 0 Å². The molecule has 29 heavy (non-hydrogen) atoms. The Morgan fingerprint density at radius 2 is 2.00 bits per heavy atom. The number of rotatable bonds is 6. The fourth-order valence-corrected chi connectivity index (χ4v) is 3.75. The molecule has 2 aromatic rings. The van der Waals surface area contributed by atoms with E-state index < -0.39 is 0 Å². The Balaban J connectivity index is 1.37. The molecule has 1 aromatic heterocycles. The number of hydrogen-bond donors (Lipinski definition) is 2. The molecule has 0 saturated heterocycles. The number of nitrogens with zero attached hydrogens (tertiary/aromatic N) is 4. The van der Waals surface area contributed by atoms with Crippen molar-refractivity contribution in [3.63, 3.8) is 0 Å². The molecule has 1 fully saturated rings. The van der Waals surface area contributed by atoms with Crippen LogP contribution >= 0.6 is 0 Å². The van der Waals surface area contributed by atoms with E-state index in [4.69, 9.17) is 14.5 Å². The van der Waals surface area contributed by atoms with Gasteiger partial charge in [0.15, 0.2) is 23.3 Å². The van der Waals surface area contributed by atoms with E-state index in [1.54, 1.807) is 0 Å². The smallest absolute Gasteiger partial charge is 0.231 e. The minimum atomic E-state index is 0.306. The van der Waals surface area contributed by atoms with Gasteiger partial charge in [0.05, 0.1) is 0 Å². The Bertz CT molecular complexity index is 857. The largest absolute Gasteiger partial charge is 0.454 e. The maximum absolute atomic E-state index is 5.47. The van der Waals surface area contributed by atoms with Gasteiger partial charge in [-0.1, -0.05) is 25.3 Å². The Kier molecular flexibility index (Phi) is 6.17. The molecule has 1 aliphatic carbocycles. The minimum absolute atomic E-state index is 0.306. The molecule has 0 radical (unpaired) electrons. The van der Waals surface area contributed by atoms with Crippen LogP contribution in [0.1, 0.15) is 49.3 Å². The first kappa shape index (κ1) is 19.5. The number of benzene rings is 1. The summed E-state index contributed by atoms with van der Waals surface area (Å²) in [5, 5.41) is 15.4. The summed E-state index contributed by atoms with van der Waals surface area (Å²) in [5.74, 6) is 4.25. The van der Waals surface area contributed by atoms with Crippen LogP contribution in [0.5, 0.6) is 11.5 Å². The maximum atomic E-state index is 5.47. The van der Waals surface area contributed by atoms with Crippen LogP contribution in [0, 0.1) is 6.92 Å². The Morgan fingerprint density at radius 3 is 2.79 bits per heavy atom. The normalized spacial score (nSPS) is 16.8. The SMILES string of the molecule is Cc1nnc(CN=C(NCCc2ccc3c(c2)OCO3)NC2CCCCC2)n1C. The summed E-state index contributed by atoms with van der Waals surface area (Å²) >= 11 is 0. The first-order chi connectivity index (χ1) is 14.2. The lowest BCUT2D eigenvalue weighted by atomic mass is 9.96. The third kappa shape index (κ3) is 4.99. The summed E-state index contributed by atoms with van der Waals surface area (Å²) in [7, 11) is 1.97. The van der Waals surface area contributed by atoms with Gasteiger partial charge in [0.25, 0.3) is 0 Å².